The number of rotatable bonds is 17. The zero-order valence-electron chi connectivity index (χ0n) is 23.7. The first-order valence-corrected chi connectivity index (χ1v) is 13.6. The van der Waals surface area contributed by atoms with Gasteiger partial charge in [-0.1, -0.05) is 64.4 Å². The van der Waals surface area contributed by atoms with Crippen molar-refractivity contribution in [2.45, 2.75) is 90.9 Å². The quantitative estimate of drug-likeness (QED) is 0.158. The Kier molecular flexibility index (Phi) is 14.8. The van der Waals surface area contributed by atoms with Gasteiger partial charge in [0.1, 0.15) is 24.2 Å². The summed E-state index contributed by atoms with van der Waals surface area (Å²) in [7, 11) is 0. The lowest BCUT2D eigenvalue weighted by atomic mass is 9.96. The molecule has 1 rings (SSSR count). The normalized spacial score (nSPS) is 14.8. The highest BCUT2D eigenvalue weighted by molar-refractivity contribution is 5.95. The molecule has 218 valence electrons. The van der Waals surface area contributed by atoms with E-state index in [0.717, 1.165) is 5.56 Å². The predicted octanol–water partition coefficient (Wildman–Crippen LogP) is 1.10. The number of nitrogens with one attached hydrogen (secondary N) is 4. The van der Waals surface area contributed by atoms with Crippen LogP contribution in [0, 0.1) is 11.8 Å². The topological polar surface area (TPSA) is 180 Å². The number of benzene rings is 1. The summed E-state index contributed by atoms with van der Waals surface area (Å²) >= 11 is 0. The number of carboxylic acid groups (broad SMARTS) is 1. The van der Waals surface area contributed by atoms with Gasteiger partial charge in [0, 0.05) is 13.3 Å². The number of carbonyl (C=O) groups is 5. The fourth-order valence-electron chi connectivity index (χ4n) is 4.04. The van der Waals surface area contributed by atoms with E-state index in [9.17, 15) is 29.1 Å². The van der Waals surface area contributed by atoms with Crippen molar-refractivity contribution < 1.29 is 29.1 Å². The van der Waals surface area contributed by atoms with E-state index in [2.05, 4.69) is 21.3 Å². The number of nitrogens with two attached hydrogens (primary N) is 1. The molecule has 11 heteroatoms. The second-order valence-corrected chi connectivity index (χ2v) is 10.2. The van der Waals surface area contributed by atoms with Crippen molar-refractivity contribution in [2.75, 3.05) is 6.54 Å². The number of amides is 4. The number of unbranched alkanes of at least 4 members (excludes halogenated alkanes) is 1. The van der Waals surface area contributed by atoms with Crippen LogP contribution in [0.1, 0.15) is 65.9 Å². The SMILES string of the molecule is CC[C@H](C)[C@H](NC(C)=O)C(=O)N[C@H](C(=O)N[C@@H](Cc1ccccc1)C(=O)N[C@@H](CCCCN)C(=O)O)C(C)C. The molecule has 39 heavy (non-hydrogen) atoms. The van der Waals surface area contributed by atoms with Gasteiger partial charge in [-0.3, -0.25) is 19.2 Å². The molecule has 0 radical (unpaired) electrons. The Bertz CT molecular complexity index is 955. The first kappa shape index (κ1) is 33.6. The van der Waals surface area contributed by atoms with Crippen LogP contribution in [0.25, 0.3) is 0 Å². The summed E-state index contributed by atoms with van der Waals surface area (Å²) in [6, 6.07) is 4.98. The maximum absolute atomic E-state index is 13.4. The van der Waals surface area contributed by atoms with Gasteiger partial charge in [0.15, 0.2) is 0 Å². The Morgan fingerprint density at radius 3 is 1.92 bits per heavy atom. The van der Waals surface area contributed by atoms with E-state index in [-0.39, 0.29) is 30.6 Å². The molecule has 0 bridgehead atoms. The summed E-state index contributed by atoms with van der Waals surface area (Å²) < 4.78 is 0. The average Bonchev–Trinajstić information content (AvgIpc) is 2.88. The first-order valence-electron chi connectivity index (χ1n) is 13.6. The minimum absolute atomic E-state index is 0.119. The molecule has 7 N–H and O–H groups in total. The van der Waals surface area contributed by atoms with Crippen LogP contribution in [0.3, 0.4) is 0 Å². The molecule has 0 spiro atoms. The van der Waals surface area contributed by atoms with E-state index in [1.807, 2.05) is 19.9 Å². The zero-order valence-corrected chi connectivity index (χ0v) is 23.7. The van der Waals surface area contributed by atoms with Crippen molar-refractivity contribution in [1.82, 2.24) is 21.3 Å². The summed E-state index contributed by atoms with van der Waals surface area (Å²) in [4.78, 5) is 63.2. The molecule has 1 aromatic carbocycles. The van der Waals surface area contributed by atoms with Gasteiger partial charge in [-0.15, -0.1) is 0 Å². The summed E-state index contributed by atoms with van der Waals surface area (Å²) in [5, 5.41) is 20.3. The number of aliphatic carboxylic acids is 1. The number of hydrogen-bond donors (Lipinski definition) is 6. The van der Waals surface area contributed by atoms with Crippen LogP contribution < -0.4 is 27.0 Å². The van der Waals surface area contributed by atoms with Crippen molar-refractivity contribution in [3.63, 3.8) is 0 Å². The molecule has 0 aliphatic heterocycles. The third kappa shape index (κ3) is 11.8. The van der Waals surface area contributed by atoms with Crippen molar-refractivity contribution in [3.05, 3.63) is 35.9 Å². The van der Waals surface area contributed by atoms with Crippen LogP contribution in [-0.2, 0) is 30.4 Å². The third-order valence-electron chi connectivity index (χ3n) is 6.58. The van der Waals surface area contributed by atoms with Gasteiger partial charge < -0.3 is 32.1 Å². The standard InChI is InChI=1S/C28H45N5O6/c1-6-18(4)24(30-19(5)34)27(37)33-23(17(2)3)26(36)32-22(16-20-12-8-7-9-13-20)25(35)31-21(28(38)39)14-10-11-15-29/h7-9,12-13,17-18,21-24H,6,10-11,14-16,29H2,1-5H3,(H,30,34)(H,31,35)(H,32,36)(H,33,37)(H,38,39)/t18-,21-,22-,23-,24-/m0/s1. The molecule has 0 aliphatic carbocycles. The third-order valence-corrected chi connectivity index (χ3v) is 6.58. The van der Waals surface area contributed by atoms with E-state index >= 15 is 0 Å². The molecule has 0 saturated heterocycles. The van der Waals surface area contributed by atoms with Gasteiger partial charge in [0.25, 0.3) is 0 Å². The summed E-state index contributed by atoms with van der Waals surface area (Å²) in [5.74, 6) is -3.78. The lowest BCUT2D eigenvalue weighted by Crippen LogP contribution is -2.60. The number of hydrogen-bond acceptors (Lipinski definition) is 6. The molecule has 0 unspecified atom stereocenters. The molecule has 5 atom stereocenters. The largest absolute Gasteiger partial charge is 0.480 e. The molecule has 0 aliphatic rings. The van der Waals surface area contributed by atoms with Gasteiger partial charge in [-0.25, -0.2) is 4.79 Å². The summed E-state index contributed by atoms with van der Waals surface area (Å²) in [6.07, 6.45) is 2.10. The lowest BCUT2D eigenvalue weighted by Gasteiger charge is -2.29. The van der Waals surface area contributed by atoms with Crippen molar-refractivity contribution >= 4 is 29.6 Å². The molecule has 4 amide bonds. The lowest BCUT2D eigenvalue weighted by molar-refractivity contribution is -0.142. The number of carboxylic acids is 1. The second-order valence-electron chi connectivity index (χ2n) is 10.2. The molecule has 0 aromatic heterocycles. The Hall–Kier alpha value is -3.47. The monoisotopic (exact) mass is 547 g/mol. The zero-order chi connectivity index (χ0) is 29.5. The average molecular weight is 548 g/mol. The smallest absolute Gasteiger partial charge is 0.326 e. The Labute approximate surface area is 231 Å². The van der Waals surface area contributed by atoms with E-state index < -0.39 is 47.9 Å². The van der Waals surface area contributed by atoms with Crippen LogP contribution in [0.15, 0.2) is 30.3 Å². The van der Waals surface area contributed by atoms with E-state index in [1.54, 1.807) is 38.1 Å². The van der Waals surface area contributed by atoms with Crippen LogP contribution in [0.2, 0.25) is 0 Å². The van der Waals surface area contributed by atoms with Crippen molar-refractivity contribution in [1.29, 1.82) is 0 Å². The molecule has 0 fully saturated rings. The second kappa shape index (κ2) is 17.2. The van der Waals surface area contributed by atoms with Crippen LogP contribution in [0.4, 0.5) is 0 Å². The minimum Gasteiger partial charge on any atom is -0.480 e. The van der Waals surface area contributed by atoms with Crippen molar-refractivity contribution in [3.8, 4) is 0 Å². The Balaban J connectivity index is 3.15. The molecular formula is C28H45N5O6. The predicted molar refractivity (Wildman–Crippen MR) is 148 cm³/mol. The van der Waals surface area contributed by atoms with Gasteiger partial charge in [0.05, 0.1) is 0 Å². The molecule has 0 saturated carbocycles. The minimum atomic E-state index is -1.17. The molecular weight excluding hydrogens is 502 g/mol. The van der Waals surface area contributed by atoms with Crippen molar-refractivity contribution in [2.24, 2.45) is 17.6 Å². The van der Waals surface area contributed by atoms with Crippen LogP contribution in [0.5, 0.6) is 0 Å². The van der Waals surface area contributed by atoms with Gasteiger partial charge in [-0.05, 0) is 43.2 Å². The molecule has 0 heterocycles. The maximum Gasteiger partial charge on any atom is 0.326 e. The van der Waals surface area contributed by atoms with E-state index in [1.165, 1.54) is 6.92 Å². The Morgan fingerprint density at radius 1 is 0.821 bits per heavy atom. The van der Waals surface area contributed by atoms with Gasteiger partial charge >= 0.3 is 5.97 Å². The van der Waals surface area contributed by atoms with Crippen LogP contribution >= 0.6 is 0 Å². The number of carbonyl (C=O) groups excluding carboxylic acids is 4. The van der Waals surface area contributed by atoms with E-state index in [4.69, 9.17) is 5.73 Å². The highest BCUT2D eigenvalue weighted by Gasteiger charge is 2.33. The fourth-order valence-corrected chi connectivity index (χ4v) is 4.04. The fraction of sp³-hybridized carbons (Fsp3) is 0.607. The van der Waals surface area contributed by atoms with Crippen LogP contribution in [-0.4, -0.2) is 65.4 Å². The highest BCUT2D eigenvalue weighted by atomic mass is 16.4. The summed E-state index contributed by atoms with van der Waals surface area (Å²) in [6.45, 7) is 8.97. The Morgan fingerprint density at radius 2 is 1.41 bits per heavy atom. The molecule has 11 nitrogen and oxygen atoms in total. The van der Waals surface area contributed by atoms with Gasteiger partial charge in [-0.2, -0.15) is 0 Å². The molecule has 1 aromatic rings. The van der Waals surface area contributed by atoms with E-state index in [0.29, 0.717) is 25.8 Å². The highest BCUT2D eigenvalue weighted by Crippen LogP contribution is 2.12. The summed E-state index contributed by atoms with van der Waals surface area (Å²) in [5.41, 5.74) is 6.27. The van der Waals surface area contributed by atoms with Gasteiger partial charge in [0.2, 0.25) is 23.6 Å². The maximum atomic E-state index is 13.4. The first-order chi connectivity index (χ1) is 18.4.